The molecule has 0 radical (unpaired) electrons. The van der Waals surface area contributed by atoms with Crippen LogP contribution < -0.4 is 4.74 Å². The lowest BCUT2D eigenvalue weighted by atomic mass is 9.80. The zero-order valence-corrected chi connectivity index (χ0v) is 17.3. The molecule has 0 amide bonds. The van der Waals surface area contributed by atoms with Gasteiger partial charge in [0.15, 0.2) is 0 Å². The van der Waals surface area contributed by atoms with Gasteiger partial charge in [0.05, 0.1) is 11.5 Å². The first-order valence-corrected chi connectivity index (χ1v) is 10.7. The second kappa shape index (κ2) is 9.73. The maximum Gasteiger partial charge on any atom is 0.336 e. The minimum atomic E-state index is -0.994. The number of rotatable bonds is 7. The van der Waals surface area contributed by atoms with Gasteiger partial charge in [-0.15, -0.1) is 0 Å². The average Bonchev–Trinajstić information content (AvgIpc) is 2.74. The summed E-state index contributed by atoms with van der Waals surface area (Å²) < 4.78 is 5.66. The number of benzene rings is 2. The number of hydrogen-bond acceptors (Lipinski definition) is 3. The van der Waals surface area contributed by atoms with Crippen molar-refractivity contribution in [3.8, 4) is 16.9 Å². The lowest BCUT2D eigenvalue weighted by Gasteiger charge is -2.26. The topological polar surface area (TPSA) is 63.6 Å². The molecule has 2 aromatic rings. The third-order valence-corrected chi connectivity index (χ3v) is 5.99. The van der Waals surface area contributed by atoms with Crippen LogP contribution in [-0.2, 0) is 11.2 Å². The molecule has 1 N–H and O–H groups in total. The van der Waals surface area contributed by atoms with Crippen LogP contribution in [0.3, 0.4) is 0 Å². The molecule has 154 valence electrons. The van der Waals surface area contributed by atoms with E-state index in [4.69, 9.17) is 4.74 Å². The summed E-state index contributed by atoms with van der Waals surface area (Å²) in [5, 5.41) is 9.57. The summed E-state index contributed by atoms with van der Waals surface area (Å²) in [6.07, 6.45) is 7.27. The van der Waals surface area contributed by atoms with Gasteiger partial charge in [0.1, 0.15) is 5.75 Å². The van der Waals surface area contributed by atoms with Crippen LogP contribution in [0.15, 0.2) is 42.5 Å². The minimum Gasteiger partial charge on any atom is -0.478 e. The zero-order chi connectivity index (χ0) is 20.8. The van der Waals surface area contributed by atoms with Gasteiger partial charge in [0.2, 0.25) is 0 Å². The highest BCUT2D eigenvalue weighted by Gasteiger charge is 2.27. The number of carboxylic acids is 1. The fourth-order valence-corrected chi connectivity index (χ4v) is 4.23. The largest absolute Gasteiger partial charge is 0.478 e. The van der Waals surface area contributed by atoms with Crippen LogP contribution in [0, 0.1) is 11.8 Å². The number of aryl methyl sites for hydroxylation is 1. The van der Waals surface area contributed by atoms with Gasteiger partial charge in [-0.25, -0.2) is 4.79 Å². The Balaban J connectivity index is 1.76. The first-order valence-electron chi connectivity index (χ1n) is 10.7. The van der Waals surface area contributed by atoms with E-state index in [1.54, 1.807) is 12.1 Å². The molecule has 1 aliphatic rings. The third kappa shape index (κ3) is 5.26. The molecule has 3 rings (SSSR count). The Morgan fingerprint density at radius 1 is 1.00 bits per heavy atom. The number of esters is 1. The Kier molecular flexibility index (Phi) is 7.08. The van der Waals surface area contributed by atoms with Gasteiger partial charge in [-0.05, 0) is 72.9 Å². The quantitative estimate of drug-likeness (QED) is 0.453. The molecule has 0 spiro atoms. The molecule has 29 heavy (non-hydrogen) atoms. The highest BCUT2D eigenvalue weighted by Crippen LogP contribution is 2.33. The van der Waals surface area contributed by atoms with E-state index in [-0.39, 0.29) is 17.5 Å². The molecule has 0 aliphatic heterocycles. The van der Waals surface area contributed by atoms with E-state index in [1.165, 1.54) is 24.5 Å². The Morgan fingerprint density at radius 3 is 2.28 bits per heavy atom. The summed E-state index contributed by atoms with van der Waals surface area (Å²) in [7, 11) is 0. The van der Waals surface area contributed by atoms with Crippen LogP contribution in [0.5, 0.6) is 5.75 Å². The van der Waals surface area contributed by atoms with Gasteiger partial charge >= 0.3 is 11.9 Å². The molecule has 0 bridgehead atoms. The van der Waals surface area contributed by atoms with E-state index >= 15 is 0 Å². The molecule has 4 nitrogen and oxygen atoms in total. The van der Waals surface area contributed by atoms with Crippen molar-refractivity contribution >= 4 is 11.9 Å². The van der Waals surface area contributed by atoms with Gasteiger partial charge < -0.3 is 9.84 Å². The molecule has 0 atom stereocenters. The van der Waals surface area contributed by atoms with Crippen molar-refractivity contribution in [3.05, 3.63) is 53.6 Å². The molecule has 1 saturated carbocycles. The highest BCUT2D eigenvalue weighted by molar-refractivity contribution is 5.96. The van der Waals surface area contributed by atoms with E-state index in [0.717, 1.165) is 43.6 Å². The normalized spacial score (nSPS) is 19.0. The molecule has 1 aliphatic carbocycles. The van der Waals surface area contributed by atoms with E-state index in [1.807, 2.05) is 24.3 Å². The van der Waals surface area contributed by atoms with Crippen molar-refractivity contribution < 1.29 is 19.4 Å². The Labute approximate surface area is 172 Å². The molecular formula is C25H30O4. The Hall–Kier alpha value is -2.62. The SMILES string of the molecule is CCCC1CCC(C(=O)Oc2ccc(C(=O)O)c(-c3ccc(CC)cc3)c2)CC1. The maximum atomic E-state index is 12.6. The Bertz CT molecular complexity index is 846. The summed E-state index contributed by atoms with van der Waals surface area (Å²) in [6, 6.07) is 12.6. The van der Waals surface area contributed by atoms with Crippen molar-refractivity contribution in [2.24, 2.45) is 11.8 Å². The number of carboxylic acid groups (broad SMARTS) is 1. The van der Waals surface area contributed by atoms with Crippen LogP contribution >= 0.6 is 0 Å². The van der Waals surface area contributed by atoms with E-state index in [0.29, 0.717) is 11.3 Å². The van der Waals surface area contributed by atoms with Crippen molar-refractivity contribution in [1.82, 2.24) is 0 Å². The highest BCUT2D eigenvalue weighted by atomic mass is 16.5. The second-order valence-electron chi connectivity index (χ2n) is 7.99. The van der Waals surface area contributed by atoms with Crippen LogP contribution in [0.1, 0.15) is 68.3 Å². The van der Waals surface area contributed by atoms with Crippen LogP contribution in [0.4, 0.5) is 0 Å². The number of carbonyl (C=O) groups excluding carboxylic acids is 1. The third-order valence-electron chi connectivity index (χ3n) is 5.99. The fraction of sp³-hybridized carbons (Fsp3) is 0.440. The number of carbonyl (C=O) groups is 2. The van der Waals surface area contributed by atoms with E-state index in [9.17, 15) is 14.7 Å². The van der Waals surface area contributed by atoms with Crippen LogP contribution in [0.2, 0.25) is 0 Å². The maximum absolute atomic E-state index is 12.6. The fourth-order valence-electron chi connectivity index (χ4n) is 4.23. The molecule has 2 aromatic carbocycles. The molecule has 0 saturated heterocycles. The summed E-state index contributed by atoms with van der Waals surface area (Å²) in [6.45, 7) is 4.28. The van der Waals surface area contributed by atoms with Gasteiger partial charge in [-0.1, -0.05) is 51.0 Å². The monoisotopic (exact) mass is 394 g/mol. The predicted molar refractivity (Wildman–Crippen MR) is 114 cm³/mol. The summed E-state index contributed by atoms with van der Waals surface area (Å²) in [4.78, 5) is 24.3. The first kappa shape index (κ1) is 21.1. The zero-order valence-electron chi connectivity index (χ0n) is 17.3. The van der Waals surface area contributed by atoms with Crippen molar-refractivity contribution in [3.63, 3.8) is 0 Å². The second-order valence-corrected chi connectivity index (χ2v) is 7.99. The van der Waals surface area contributed by atoms with Crippen LogP contribution in [0.25, 0.3) is 11.1 Å². The Morgan fingerprint density at radius 2 is 1.69 bits per heavy atom. The van der Waals surface area contributed by atoms with E-state index < -0.39 is 5.97 Å². The van der Waals surface area contributed by atoms with Gasteiger partial charge in [-0.2, -0.15) is 0 Å². The number of aromatic carboxylic acids is 1. The molecule has 1 fully saturated rings. The van der Waals surface area contributed by atoms with Gasteiger partial charge in [0, 0.05) is 0 Å². The molecule has 0 heterocycles. The smallest absolute Gasteiger partial charge is 0.336 e. The first-order chi connectivity index (χ1) is 14.0. The van der Waals surface area contributed by atoms with E-state index in [2.05, 4.69) is 13.8 Å². The van der Waals surface area contributed by atoms with Gasteiger partial charge in [-0.3, -0.25) is 4.79 Å². The lowest BCUT2D eigenvalue weighted by molar-refractivity contribution is -0.140. The van der Waals surface area contributed by atoms with Crippen molar-refractivity contribution in [2.75, 3.05) is 0 Å². The van der Waals surface area contributed by atoms with Crippen molar-refractivity contribution in [2.45, 2.75) is 58.8 Å². The molecule has 4 heteroatoms. The lowest BCUT2D eigenvalue weighted by Crippen LogP contribution is -2.25. The van der Waals surface area contributed by atoms with Gasteiger partial charge in [0.25, 0.3) is 0 Å². The standard InChI is InChI=1S/C25H30O4/c1-3-5-18-8-12-20(13-9-18)25(28)29-21-14-15-22(24(26)27)23(16-21)19-10-6-17(4-2)7-11-19/h6-7,10-11,14-16,18,20H,3-5,8-9,12-13H2,1-2H3,(H,26,27). The number of hydrogen-bond donors (Lipinski definition) is 1. The number of ether oxygens (including phenoxy) is 1. The predicted octanol–water partition coefficient (Wildman–Crippen LogP) is 6.13. The summed E-state index contributed by atoms with van der Waals surface area (Å²) in [5.74, 6) is -0.113. The average molecular weight is 395 g/mol. The van der Waals surface area contributed by atoms with Crippen molar-refractivity contribution in [1.29, 1.82) is 0 Å². The molecule has 0 aromatic heterocycles. The molecular weight excluding hydrogens is 364 g/mol. The molecule has 0 unspecified atom stereocenters. The summed E-state index contributed by atoms with van der Waals surface area (Å²) >= 11 is 0. The summed E-state index contributed by atoms with van der Waals surface area (Å²) in [5.41, 5.74) is 2.76. The van der Waals surface area contributed by atoms with Crippen LogP contribution in [-0.4, -0.2) is 17.0 Å². The minimum absolute atomic E-state index is 0.0606.